The maximum absolute atomic E-state index is 13.1. The normalized spacial score (nSPS) is 13.3. The number of carbonyl (C=O) groups is 1. The number of hydrogen-bond donors (Lipinski definition) is 1. The van der Waals surface area contributed by atoms with Gasteiger partial charge in [0.1, 0.15) is 11.1 Å². The summed E-state index contributed by atoms with van der Waals surface area (Å²) in [7, 11) is -3.86. The summed E-state index contributed by atoms with van der Waals surface area (Å²) in [5, 5.41) is 1.32. The van der Waals surface area contributed by atoms with Crippen molar-refractivity contribution >= 4 is 15.7 Å². The topological polar surface area (TPSA) is 63.2 Å². The molecule has 1 aromatic rings. The Hall–Kier alpha value is -1.43. The SMILES string of the molecule is CC(C)CNC(=O)C(C)S(=O)(=O)c1cccc(F)c1. The average Bonchev–Trinajstić information content (AvgIpc) is 2.34. The van der Waals surface area contributed by atoms with Crippen molar-refractivity contribution in [2.24, 2.45) is 5.92 Å². The van der Waals surface area contributed by atoms with E-state index >= 15 is 0 Å². The van der Waals surface area contributed by atoms with Gasteiger partial charge in [0.05, 0.1) is 4.90 Å². The molecule has 0 aliphatic heterocycles. The van der Waals surface area contributed by atoms with Crippen molar-refractivity contribution in [3.8, 4) is 0 Å². The molecule has 1 aromatic carbocycles. The smallest absolute Gasteiger partial charge is 0.238 e. The molecule has 1 unspecified atom stereocenters. The van der Waals surface area contributed by atoms with E-state index in [1.54, 1.807) is 0 Å². The Balaban J connectivity index is 2.91. The number of amides is 1. The molecule has 1 amide bonds. The summed E-state index contributed by atoms with van der Waals surface area (Å²) in [4.78, 5) is 11.6. The Morgan fingerprint density at radius 2 is 1.95 bits per heavy atom. The summed E-state index contributed by atoms with van der Waals surface area (Å²) in [6.07, 6.45) is 0. The number of sulfone groups is 1. The van der Waals surface area contributed by atoms with Crippen LogP contribution in [0.2, 0.25) is 0 Å². The molecule has 0 aliphatic rings. The summed E-state index contributed by atoms with van der Waals surface area (Å²) >= 11 is 0. The first kappa shape index (κ1) is 15.6. The first-order chi connectivity index (χ1) is 8.75. The molecule has 106 valence electrons. The standard InChI is InChI=1S/C13H18FNO3S/c1-9(2)8-15-13(16)10(3)19(17,18)12-6-4-5-11(14)7-12/h4-7,9-10H,8H2,1-3H3,(H,15,16). The van der Waals surface area contributed by atoms with E-state index in [2.05, 4.69) is 5.32 Å². The van der Waals surface area contributed by atoms with Crippen molar-refractivity contribution in [2.45, 2.75) is 30.9 Å². The van der Waals surface area contributed by atoms with Crippen LogP contribution in [0.15, 0.2) is 29.2 Å². The van der Waals surface area contributed by atoms with Gasteiger partial charge in [-0.2, -0.15) is 0 Å². The minimum atomic E-state index is -3.86. The van der Waals surface area contributed by atoms with Crippen LogP contribution in [-0.2, 0) is 14.6 Å². The first-order valence-corrected chi connectivity index (χ1v) is 7.57. The highest BCUT2D eigenvalue weighted by molar-refractivity contribution is 7.92. The van der Waals surface area contributed by atoms with E-state index in [0.717, 1.165) is 12.1 Å². The van der Waals surface area contributed by atoms with Gasteiger partial charge in [0.2, 0.25) is 5.91 Å². The maximum Gasteiger partial charge on any atom is 0.238 e. The minimum Gasteiger partial charge on any atom is -0.355 e. The van der Waals surface area contributed by atoms with E-state index in [1.165, 1.54) is 19.1 Å². The highest BCUT2D eigenvalue weighted by Gasteiger charge is 2.29. The van der Waals surface area contributed by atoms with Crippen LogP contribution >= 0.6 is 0 Å². The molecule has 0 fully saturated rings. The molecule has 0 spiro atoms. The van der Waals surface area contributed by atoms with Crippen molar-refractivity contribution in [1.29, 1.82) is 0 Å². The fraction of sp³-hybridized carbons (Fsp3) is 0.462. The monoisotopic (exact) mass is 287 g/mol. The fourth-order valence-corrected chi connectivity index (χ4v) is 2.76. The van der Waals surface area contributed by atoms with E-state index in [-0.39, 0.29) is 10.8 Å². The molecule has 0 saturated carbocycles. The quantitative estimate of drug-likeness (QED) is 0.897. The van der Waals surface area contributed by atoms with Crippen LogP contribution in [0.3, 0.4) is 0 Å². The van der Waals surface area contributed by atoms with Crippen LogP contribution in [0.5, 0.6) is 0 Å². The third-order valence-corrected chi connectivity index (χ3v) is 4.70. The molecule has 1 atom stereocenters. The molecule has 1 rings (SSSR count). The highest BCUT2D eigenvalue weighted by atomic mass is 32.2. The zero-order valence-electron chi connectivity index (χ0n) is 11.2. The lowest BCUT2D eigenvalue weighted by molar-refractivity contribution is -0.120. The minimum absolute atomic E-state index is 0.181. The van der Waals surface area contributed by atoms with Crippen molar-refractivity contribution in [1.82, 2.24) is 5.32 Å². The Kier molecular flexibility index (Phi) is 5.05. The predicted molar refractivity (Wildman–Crippen MR) is 70.9 cm³/mol. The van der Waals surface area contributed by atoms with E-state index < -0.39 is 26.8 Å². The van der Waals surface area contributed by atoms with Gasteiger partial charge in [-0.1, -0.05) is 19.9 Å². The van der Waals surface area contributed by atoms with Crippen LogP contribution in [0.25, 0.3) is 0 Å². The zero-order chi connectivity index (χ0) is 14.6. The van der Waals surface area contributed by atoms with Crippen molar-refractivity contribution in [3.63, 3.8) is 0 Å². The average molecular weight is 287 g/mol. The summed E-state index contributed by atoms with van der Waals surface area (Å²) in [6.45, 7) is 5.52. The molecular formula is C13H18FNO3S. The van der Waals surface area contributed by atoms with Gasteiger partial charge in [-0.15, -0.1) is 0 Å². The van der Waals surface area contributed by atoms with Gasteiger partial charge in [-0.3, -0.25) is 4.79 Å². The summed E-state index contributed by atoms with van der Waals surface area (Å²) in [6, 6.07) is 4.66. The molecule has 0 saturated heterocycles. The van der Waals surface area contributed by atoms with E-state index in [1.807, 2.05) is 13.8 Å². The molecule has 1 N–H and O–H groups in total. The number of nitrogens with one attached hydrogen (secondary N) is 1. The lowest BCUT2D eigenvalue weighted by atomic mass is 10.2. The fourth-order valence-electron chi connectivity index (χ4n) is 1.44. The second-order valence-electron chi connectivity index (χ2n) is 4.78. The summed E-state index contributed by atoms with van der Waals surface area (Å²) in [5.41, 5.74) is 0. The van der Waals surface area contributed by atoms with Gasteiger partial charge >= 0.3 is 0 Å². The Labute approximate surface area is 112 Å². The van der Waals surface area contributed by atoms with Crippen molar-refractivity contribution < 1.29 is 17.6 Å². The largest absolute Gasteiger partial charge is 0.355 e. The van der Waals surface area contributed by atoms with Gasteiger partial charge in [-0.25, -0.2) is 12.8 Å². The first-order valence-electron chi connectivity index (χ1n) is 6.02. The summed E-state index contributed by atoms with van der Waals surface area (Å²) in [5.74, 6) is -0.984. The highest BCUT2D eigenvalue weighted by Crippen LogP contribution is 2.17. The number of halogens is 1. The van der Waals surface area contributed by atoms with E-state index in [4.69, 9.17) is 0 Å². The summed E-state index contributed by atoms with van der Waals surface area (Å²) < 4.78 is 37.3. The zero-order valence-corrected chi connectivity index (χ0v) is 12.0. The lowest BCUT2D eigenvalue weighted by Crippen LogP contribution is -2.39. The van der Waals surface area contributed by atoms with Crippen LogP contribution in [-0.4, -0.2) is 26.1 Å². The van der Waals surface area contributed by atoms with Gasteiger partial charge < -0.3 is 5.32 Å². The maximum atomic E-state index is 13.1. The number of benzene rings is 1. The molecule has 4 nitrogen and oxygen atoms in total. The van der Waals surface area contributed by atoms with Crippen LogP contribution < -0.4 is 5.32 Å². The number of hydrogen-bond acceptors (Lipinski definition) is 3. The van der Waals surface area contributed by atoms with Gasteiger partial charge in [0.25, 0.3) is 0 Å². The van der Waals surface area contributed by atoms with Crippen LogP contribution in [0, 0.1) is 11.7 Å². The van der Waals surface area contributed by atoms with E-state index in [0.29, 0.717) is 6.54 Å². The molecular weight excluding hydrogens is 269 g/mol. The van der Waals surface area contributed by atoms with Gasteiger partial charge in [-0.05, 0) is 31.0 Å². The third-order valence-electron chi connectivity index (χ3n) is 2.64. The molecule has 6 heteroatoms. The molecule has 0 aromatic heterocycles. The van der Waals surface area contributed by atoms with Crippen molar-refractivity contribution in [3.05, 3.63) is 30.1 Å². The van der Waals surface area contributed by atoms with Gasteiger partial charge in [0.15, 0.2) is 9.84 Å². The lowest BCUT2D eigenvalue weighted by Gasteiger charge is -2.14. The van der Waals surface area contributed by atoms with Crippen LogP contribution in [0.4, 0.5) is 4.39 Å². The van der Waals surface area contributed by atoms with Crippen LogP contribution in [0.1, 0.15) is 20.8 Å². The number of rotatable bonds is 5. The predicted octanol–water partition coefficient (Wildman–Crippen LogP) is 1.76. The second kappa shape index (κ2) is 6.14. The number of carbonyl (C=O) groups excluding carboxylic acids is 1. The molecule has 0 heterocycles. The van der Waals surface area contributed by atoms with Gasteiger partial charge in [0, 0.05) is 6.54 Å². The molecule has 19 heavy (non-hydrogen) atoms. The molecule has 0 radical (unpaired) electrons. The Morgan fingerprint density at radius 3 is 2.47 bits per heavy atom. The molecule has 0 aliphatic carbocycles. The molecule has 0 bridgehead atoms. The van der Waals surface area contributed by atoms with Crippen molar-refractivity contribution in [2.75, 3.05) is 6.54 Å². The Morgan fingerprint density at radius 1 is 1.32 bits per heavy atom. The van der Waals surface area contributed by atoms with E-state index in [9.17, 15) is 17.6 Å². The Bertz CT molecular complexity index is 555. The third kappa shape index (κ3) is 4.02. The second-order valence-corrected chi connectivity index (χ2v) is 7.05.